The van der Waals surface area contributed by atoms with E-state index in [0.29, 0.717) is 16.8 Å². The molecule has 1 N–H and O–H groups in total. The number of carboxylic acids is 1. The third-order valence-corrected chi connectivity index (χ3v) is 4.26. The predicted molar refractivity (Wildman–Crippen MR) is 87.5 cm³/mol. The van der Waals surface area contributed by atoms with Crippen LogP contribution in [0.15, 0.2) is 46.9 Å². The van der Waals surface area contributed by atoms with Crippen molar-refractivity contribution in [1.82, 2.24) is 4.98 Å². The molecule has 1 saturated heterocycles. The highest BCUT2D eigenvalue weighted by molar-refractivity contribution is 6.00. The lowest BCUT2D eigenvalue weighted by molar-refractivity contribution is -0.141. The Morgan fingerprint density at radius 3 is 2.80 bits per heavy atom. The molecule has 3 aromatic rings. The Kier molecular flexibility index (Phi) is 3.49. The molecule has 1 aromatic heterocycles. The van der Waals surface area contributed by atoms with E-state index in [2.05, 4.69) is 4.98 Å². The maximum Gasteiger partial charge on any atom is 0.308 e. The number of carbonyl (C=O) groups is 2. The summed E-state index contributed by atoms with van der Waals surface area (Å²) in [6.07, 6.45) is -0.0212. The van der Waals surface area contributed by atoms with Crippen molar-refractivity contribution in [3.05, 3.63) is 48.3 Å². The van der Waals surface area contributed by atoms with E-state index in [1.165, 1.54) is 11.0 Å². The van der Waals surface area contributed by atoms with Gasteiger partial charge in [0.1, 0.15) is 11.3 Å². The molecule has 2 aromatic carbocycles. The first kappa shape index (κ1) is 15.3. The summed E-state index contributed by atoms with van der Waals surface area (Å²) in [5.74, 6) is -2.23. The molecule has 4 rings (SSSR count). The zero-order valence-electron chi connectivity index (χ0n) is 13.0. The van der Waals surface area contributed by atoms with Crippen LogP contribution in [0, 0.1) is 11.7 Å². The summed E-state index contributed by atoms with van der Waals surface area (Å²) < 4.78 is 19.5. The van der Waals surface area contributed by atoms with Gasteiger partial charge < -0.3 is 14.4 Å². The SMILES string of the molecule is O=C(O)[C@H]1CC(=O)N(c2ccc3oc(-c4ccccc4F)nc3c2)C1. The van der Waals surface area contributed by atoms with Crippen LogP contribution in [-0.2, 0) is 9.59 Å². The molecule has 1 atom stereocenters. The standard InChI is InChI=1S/C18H13FN2O4/c19-13-4-2-1-3-12(13)17-20-14-8-11(5-6-15(14)25-17)21-9-10(18(23)24)7-16(21)22/h1-6,8,10H,7,9H2,(H,23,24)/t10-/m0/s1. The molecule has 0 bridgehead atoms. The summed E-state index contributed by atoms with van der Waals surface area (Å²) in [6.45, 7) is 0.123. The monoisotopic (exact) mass is 340 g/mol. The molecule has 1 fully saturated rings. The molecule has 25 heavy (non-hydrogen) atoms. The Balaban J connectivity index is 1.71. The van der Waals surface area contributed by atoms with Gasteiger partial charge in [0.05, 0.1) is 11.5 Å². The Morgan fingerprint density at radius 1 is 1.28 bits per heavy atom. The first-order chi connectivity index (χ1) is 12.0. The van der Waals surface area contributed by atoms with Gasteiger partial charge in [0.15, 0.2) is 5.58 Å². The largest absolute Gasteiger partial charge is 0.481 e. The topological polar surface area (TPSA) is 83.6 Å². The highest BCUT2D eigenvalue weighted by atomic mass is 19.1. The van der Waals surface area contributed by atoms with Crippen LogP contribution >= 0.6 is 0 Å². The minimum absolute atomic E-state index is 0.0212. The number of aliphatic carboxylic acids is 1. The third-order valence-electron chi connectivity index (χ3n) is 4.26. The van der Waals surface area contributed by atoms with Gasteiger partial charge in [-0.3, -0.25) is 9.59 Å². The molecule has 0 unspecified atom stereocenters. The number of hydrogen-bond acceptors (Lipinski definition) is 4. The molecule has 0 spiro atoms. The summed E-state index contributed by atoms with van der Waals surface area (Å²) >= 11 is 0. The van der Waals surface area contributed by atoms with Gasteiger partial charge in [-0.25, -0.2) is 9.37 Å². The van der Waals surface area contributed by atoms with E-state index in [-0.39, 0.29) is 30.3 Å². The number of rotatable bonds is 3. The smallest absolute Gasteiger partial charge is 0.308 e. The highest BCUT2D eigenvalue weighted by Gasteiger charge is 2.35. The van der Waals surface area contributed by atoms with Gasteiger partial charge in [-0.05, 0) is 30.3 Å². The zero-order chi connectivity index (χ0) is 17.6. The summed E-state index contributed by atoms with van der Waals surface area (Å²) in [5, 5.41) is 9.08. The van der Waals surface area contributed by atoms with E-state index < -0.39 is 17.7 Å². The number of anilines is 1. The molecular weight excluding hydrogens is 327 g/mol. The van der Waals surface area contributed by atoms with Crippen LogP contribution in [0.4, 0.5) is 10.1 Å². The minimum Gasteiger partial charge on any atom is -0.481 e. The van der Waals surface area contributed by atoms with Crippen LogP contribution in [0.1, 0.15) is 6.42 Å². The van der Waals surface area contributed by atoms with Crippen molar-refractivity contribution in [3.8, 4) is 11.5 Å². The van der Waals surface area contributed by atoms with E-state index in [1.54, 1.807) is 36.4 Å². The number of fused-ring (bicyclic) bond motifs is 1. The van der Waals surface area contributed by atoms with Gasteiger partial charge in [-0.2, -0.15) is 0 Å². The van der Waals surface area contributed by atoms with Gasteiger partial charge in [-0.15, -0.1) is 0 Å². The van der Waals surface area contributed by atoms with E-state index in [9.17, 15) is 14.0 Å². The van der Waals surface area contributed by atoms with E-state index >= 15 is 0 Å². The van der Waals surface area contributed by atoms with Gasteiger partial charge in [0, 0.05) is 18.7 Å². The number of hydrogen-bond donors (Lipinski definition) is 1. The highest BCUT2D eigenvalue weighted by Crippen LogP contribution is 2.31. The second-order valence-corrected chi connectivity index (χ2v) is 5.89. The molecule has 0 saturated carbocycles. The number of benzene rings is 2. The fraction of sp³-hybridized carbons (Fsp3) is 0.167. The van der Waals surface area contributed by atoms with Gasteiger partial charge in [-0.1, -0.05) is 12.1 Å². The lowest BCUT2D eigenvalue weighted by atomic mass is 10.1. The van der Waals surface area contributed by atoms with Crippen molar-refractivity contribution < 1.29 is 23.5 Å². The molecule has 1 aliphatic rings. The van der Waals surface area contributed by atoms with Crippen LogP contribution in [0.3, 0.4) is 0 Å². The molecule has 1 amide bonds. The van der Waals surface area contributed by atoms with Gasteiger partial charge in [0.2, 0.25) is 11.8 Å². The van der Waals surface area contributed by atoms with Crippen molar-refractivity contribution in [2.24, 2.45) is 5.92 Å². The normalized spacial score (nSPS) is 17.4. The number of amides is 1. The van der Waals surface area contributed by atoms with Crippen molar-refractivity contribution in [1.29, 1.82) is 0 Å². The average Bonchev–Trinajstić information content (AvgIpc) is 3.18. The summed E-state index contributed by atoms with van der Waals surface area (Å²) in [7, 11) is 0. The number of halogens is 1. The molecule has 126 valence electrons. The van der Waals surface area contributed by atoms with E-state index in [1.807, 2.05) is 0 Å². The number of nitrogens with zero attached hydrogens (tertiary/aromatic N) is 2. The predicted octanol–water partition coefficient (Wildman–Crippen LogP) is 3.07. The first-order valence-electron chi connectivity index (χ1n) is 7.71. The average molecular weight is 340 g/mol. The van der Waals surface area contributed by atoms with Gasteiger partial charge in [0.25, 0.3) is 0 Å². The molecular formula is C18H13FN2O4. The minimum atomic E-state index is -0.986. The third kappa shape index (κ3) is 2.63. The number of oxazole rings is 1. The van der Waals surface area contributed by atoms with Crippen molar-refractivity contribution in [2.45, 2.75) is 6.42 Å². The number of carboxylic acid groups (broad SMARTS) is 1. The van der Waals surface area contributed by atoms with Crippen LogP contribution in [-0.4, -0.2) is 28.5 Å². The molecule has 1 aliphatic heterocycles. The molecule has 0 aliphatic carbocycles. The van der Waals surface area contributed by atoms with E-state index in [4.69, 9.17) is 9.52 Å². The van der Waals surface area contributed by atoms with Crippen molar-refractivity contribution >= 4 is 28.7 Å². The zero-order valence-corrected chi connectivity index (χ0v) is 13.0. The summed E-state index contributed by atoms with van der Waals surface area (Å²) in [5.41, 5.74) is 1.74. The Morgan fingerprint density at radius 2 is 2.08 bits per heavy atom. The second kappa shape index (κ2) is 5.70. The molecule has 6 nitrogen and oxygen atoms in total. The molecule has 2 heterocycles. The summed E-state index contributed by atoms with van der Waals surface area (Å²) in [6, 6.07) is 11.1. The summed E-state index contributed by atoms with van der Waals surface area (Å²) in [4.78, 5) is 28.9. The Hall–Kier alpha value is -3.22. The lowest BCUT2D eigenvalue weighted by Crippen LogP contribution is -2.25. The van der Waals surface area contributed by atoms with Crippen LogP contribution in [0.25, 0.3) is 22.6 Å². The maximum absolute atomic E-state index is 13.9. The molecule has 0 radical (unpaired) electrons. The number of carbonyl (C=O) groups excluding carboxylic acids is 1. The van der Waals surface area contributed by atoms with E-state index in [0.717, 1.165) is 0 Å². The maximum atomic E-state index is 13.9. The van der Waals surface area contributed by atoms with Crippen LogP contribution < -0.4 is 4.90 Å². The molecule has 7 heteroatoms. The van der Waals surface area contributed by atoms with Crippen molar-refractivity contribution in [2.75, 3.05) is 11.4 Å². The Labute approximate surface area is 141 Å². The number of aromatic nitrogens is 1. The fourth-order valence-electron chi connectivity index (χ4n) is 2.96. The van der Waals surface area contributed by atoms with Crippen molar-refractivity contribution in [3.63, 3.8) is 0 Å². The van der Waals surface area contributed by atoms with Gasteiger partial charge >= 0.3 is 5.97 Å². The van der Waals surface area contributed by atoms with Crippen LogP contribution in [0.2, 0.25) is 0 Å². The first-order valence-corrected chi connectivity index (χ1v) is 7.71. The van der Waals surface area contributed by atoms with Crippen LogP contribution in [0.5, 0.6) is 0 Å². The fourth-order valence-corrected chi connectivity index (χ4v) is 2.96. The second-order valence-electron chi connectivity index (χ2n) is 5.89. The Bertz CT molecular complexity index is 998. The lowest BCUT2D eigenvalue weighted by Gasteiger charge is -2.15. The quantitative estimate of drug-likeness (QED) is 0.792.